The van der Waals surface area contributed by atoms with Gasteiger partial charge in [0.2, 0.25) is 0 Å². The van der Waals surface area contributed by atoms with E-state index in [9.17, 15) is 0 Å². The standard InChI is InChI=1S/2C20H15.C2H6Si.2ClH.Zr/c2*1-14-11-17-7-4-8-19(20(17)12-14)18-10-9-15-5-2-3-6-16(15)13-18;1-3-2;;;/h2*2-13H,1H3;1-2H3;2*1H;/q;;;;;+2/p-2. The molecule has 0 fully saturated rings. The van der Waals surface area contributed by atoms with Crippen molar-refractivity contribution in [3.05, 3.63) is 155 Å². The van der Waals surface area contributed by atoms with Gasteiger partial charge in [0, 0.05) is 0 Å². The second kappa shape index (κ2) is 11.0. The van der Waals surface area contributed by atoms with E-state index in [-0.39, 0.29) is 7.25 Å². The van der Waals surface area contributed by atoms with Gasteiger partial charge in [-0.3, -0.25) is 0 Å². The van der Waals surface area contributed by atoms with E-state index in [1.54, 1.807) is 0 Å². The summed E-state index contributed by atoms with van der Waals surface area (Å²) >= 11 is -4.78. The molecular weight excluding hydrogens is 695 g/mol. The van der Waals surface area contributed by atoms with E-state index in [1.165, 1.54) is 77.2 Å². The van der Waals surface area contributed by atoms with Crippen molar-refractivity contribution < 1.29 is 15.0 Å². The monoisotopic (exact) mass is 728 g/mol. The third-order valence-electron chi connectivity index (χ3n) is 10.7. The molecule has 0 nitrogen and oxygen atoms in total. The summed E-state index contributed by atoms with van der Waals surface area (Å²) in [5.74, 6) is 0. The van der Waals surface area contributed by atoms with E-state index in [2.05, 4.69) is 160 Å². The molecule has 0 aromatic heterocycles. The van der Waals surface area contributed by atoms with Crippen LogP contribution in [0.2, 0.25) is 13.1 Å². The first-order valence-corrected chi connectivity index (χ1v) is 31.5. The molecule has 226 valence electrons. The van der Waals surface area contributed by atoms with Crippen LogP contribution in [0.5, 0.6) is 0 Å². The molecule has 6 aromatic rings. The van der Waals surface area contributed by atoms with Crippen LogP contribution in [-0.2, 0) is 15.0 Å². The van der Waals surface area contributed by atoms with Gasteiger partial charge in [-0.2, -0.15) is 0 Å². The van der Waals surface area contributed by atoms with Crippen LogP contribution in [0.4, 0.5) is 0 Å². The van der Waals surface area contributed by atoms with Crippen molar-refractivity contribution in [2.75, 3.05) is 0 Å². The van der Waals surface area contributed by atoms with Gasteiger partial charge in [-0.05, 0) is 0 Å². The summed E-state index contributed by atoms with van der Waals surface area (Å²) in [6.07, 6.45) is 4.79. The Morgan fingerprint density at radius 1 is 0.500 bits per heavy atom. The van der Waals surface area contributed by atoms with Gasteiger partial charge in [0.25, 0.3) is 0 Å². The quantitative estimate of drug-likeness (QED) is 0.158. The van der Waals surface area contributed by atoms with E-state index in [4.69, 9.17) is 17.0 Å². The Morgan fingerprint density at radius 2 is 0.913 bits per heavy atom. The van der Waals surface area contributed by atoms with Crippen LogP contribution in [0.25, 0.3) is 56.0 Å². The van der Waals surface area contributed by atoms with Gasteiger partial charge >= 0.3 is 282 Å². The van der Waals surface area contributed by atoms with Gasteiger partial charge < -0.3 is 0 Å². The molecule has 0 saturated carbocycles. The van der Waals surface area contributed by atoms with Crippen LogP contribution in [0.1, 0.15) is 43.4 Å². The SMILES string of the molecule is CC1=Cc2c(-c3ccc4ccccc4c3)cccc2[CH]1[Zr]([Cl])([Cl])([CH]1C(C)=Cc2c(-c3ccc4ccccc4c3)cccc21)=[Si](C)C. The number of allylic oxidation sites excluding steroid dienone is 2. The van der Waals surface area contributed by atoms with Gasteiger partial charge in [-0.25, -0.2) is 0 Å². The van der Waals surface area contributed by atoms with Crippen molar-refractivity contribution in [1.29, 1.82) is 0 Å². The summed E-state index contributed by atoms with van der Waals surface area (Å²) in [5.41, 5.74) is 11.7. The van der Waals surface area contributed by atoms with E-state index in [0.29, 0.717) is 0 Å². The number of halogens is 2. The molecule has 46 heavy (non-hydrogen) atoms. The zero-order chi connectivity index (χ0) is 31.8. The molecule has 2 aliphatic rings. The van der Waals surface area contributed by atoms with E-state index in [1.807, 2.05) is 0 Å². The van der Waals surface area contributed by atoms with E-state index >= 15 is 0 Å². The average molecular weight is 731 g/mol. The Bertz CT molecular complexity index is 2230. The normalized spacial score (nSPS) is 17.5. The summed E-state index contributed by atoms with van der Waals surface area (Å²) in [7, 11) is 17.0. The van der Waals surface area contributed by atoms with Crippen molar-refractivity contribution in [2.24, 2.45) is 0 Å². The fourth-order valence-corrected chi connectivity index (χ4v) is 38.9. The Hall–Kier alpha value is -3.00. The maximum atomic E-state index is 8.48. The van der Waals surface area contributed by atoms with Crippen LogP contribution in [-0.4, -0.2) is 5.43 Å². The molecule has 0 amide bonds. The molecule has 0 radical (unpaired) electrons. The molecular formula is C42H36Cl2SiZr. The van der Waals surface area contributed by atoms with Crippen molar-refractivity contribution >= 4 is 56.2 Å². The van der Waals surface area contributed by atoms with Gasteiger partial charge in [0.05, 0.1) is 0 Å². The number of benzene rings is 6. The van der Waals surface area contributed by atoms with Crippen molar-refractivity contribution in [2.45, 2.75) is 34.2 Å². The molecule has 8 rings (SSSR count). The third-order valence-corrected chi connectivity index (χ3v) is 57.7. The summed E-state index contributed by atoms with van der Waals surface area (Å²) in [6.45, 7) is 9.32. The second-order valence-corrected chi connectivity index (χ2v) is 52.3. The molecule has 0 N–H and O–H groups in total. The molecule has 6 aromatic carbocycles. The molecule has 0 bridgehead atoms. The predicted octanol–water partition coefficient (Wildman–Crippen LogP) is 13.2. The summed E-state index contributed by atoms with van der Waals surface area (Å²) in [6, 6.07) is 44.3. The molecule has 2 unspecified atom stereocenters. The Kier molecular flexibility index (Phi) is 7.28. The van der Waals surface area contributed by atoms with E-state index in [0.717, 1.165) is 0 Å². The van der Waals surface area contributed by atoms with Gasteiger partial charge in [-0.1, -0.05) is 0 Å². The van der Waals surface area contributed by atoms with Gasteiger partial charge in [-0.15, -0.1) is 0 Å². The van der Waals surface area contributed by atoms with Crippen LogP contribution >= 0.6 is 17.0 Å². The molecule has 0 aliphatic heterocycles. The van der Waals surface area contributed by atoms with Crippen molar-refractivity contribution in [3.63, 3.8) is 0 Å². The fraction of sp³-hybridized carbons (Fsp3) is 0.143. The molecule has 0 spiro atoms. The number of hydrogen-bond donors (Lipinski definition) is 0. The van der Waals surface area contributed by atoms with Crippen LogP contribution < -0.4 is 0 Å². The number of fused-ring (bicyclic) bond motifs is 4. The zero-order valence-corrected chi connectivity index (χ0v) is 31.6. The van der Waals surface area contributed by atoms with Crippen LogP contribution in [0, 0.1) is 0 Å². The van der Waals surface area contributed by atoms with Gasteiger partial charge in [0.15, 0.2) is 0 Å². The predicted molar refractivity (Wildman–Crippen MR) is 201 cm³/mol. The second-order valence-electron chi connectivity index (χ2n) is 13.5. The van der Waals surface area contributed by atoms with Gasteiger partial charge in [0.1, 0.15) is 0 Å². The summed E-state index contributed by atoms with van der Waals surface area (Å²) in [5, 5.41) is 5.03. The molecule has 0 saturated heterocycles. The minimum atomic E-state index is -4.78. The number of rotatable bonds is 4. The summed E-state index contributed by atoms with van der Waals surface area (Å²) < 4.78 is 0.125. The first-order chi connectivity index (χ1) is 22.1. The Labute approximate surface area is 280 Å². The zero-order valence-electron chi connectivity index (χ0n) is 26.6. The third kappa shape index (κ3) is 4.48. The summed E-state index contributed by atoms with van der Waals surface area (Å²) in [4.78, 5) is 0. The topological polar surface area (TPSA) is 0 Å². The molecule has 2 aliphatic carbocycles. The Balaban J connectivity index is 1.29. The molecule has 2 atom stereocenters. The molecule has 4 heteroatoms. The maximum absolute atomic E-state index is 8.48. The molecule has 0 heterocycles. The fourth-order valence-electron chi connectivity index (χ4n) is 8.47. The van der Waals surface area contributed by atoms with Crippen molar-refractivity contribution in [3.8, 4) is 22.3 Å². The van der Waals surface area contributed by atoms with Crippen LogP contribution in [0.3, 0.4) is 0 Å². The van der Waals surface area contributed by atoms with E-state index < -0.39 is 20.4 Å². The average Bonchev–Trinajstić information content (AvgIpc) is 3.60. The first kappa shape index (κ1) is 30.3. The number of hydrogen-bond acceptors (Lipinski definition) is 0. The minimum absolute atomic E-state index is 0.0627. The van der Waals surface area contributed by atoms with Crippen LogP contribution in [0.15, 0.2) is 132 Å². The Morgan fingerprint density at radius 3 is 1.33 bits per heavy atom. The van der Waals surface area contributed by atoms with Crippen molar-refractivity contribution in [1.82, 2.24) is 0 Å². The first-order valence-electron chi connectivity index (χ1n) is 16.1.